The fraction of sp³-hybridized carbons (Fsp3) is 0.263. The van der Waals surface area contributed by atoms with Crippen molar-refractivity contribution in [2.75, 3.05) is 11.9 Å². The highest BCUT2D eigenvalue weighted by Gasteiger charge is 2.09. The van der Waals surface area contributed by atoms with Crippen LogP contribution in [0.4, 0.5) is 5.69 Å². The van der Waals surface area contributed by atoms with Crippen molar-refractivity contribution >= 4 is 17.6 Å². The van der Waals surface area contributed by atoms with Crippen LogP contribution in [0.5, 0.6) is 5.75 Å². The molecule has 0 spiro atoms. The number of aliphatic carboxylic acids is 1. The van der Waals surface area contributed by atoms with Gasteiger partial charge in [0.1, 0.15) is 5.75 Å². The number of benzene rings is 2. The molecule has 2 rings (SSSR count). The van der Waals surface area contributed by atoms with Gasteiger partial charge in [-0.1, -0.05) is 24.3 Å². The Morgan fingerprint density at radius 2 is 1.83 bits per heavy atom. The van der Waals surface area contributed by atoms with E-state index in [1.54, 1.807) is 24.3 Å². The van der Waals surface area contributed by atoms with Crippen LogP contribution in [0.15, 0.2) is 42.5 Å². The zero-order valence-corrected chi connectivity index (χ0v) is 13.8. The number of amides is 1. The van der Waals surface area contributed by atoms with E-state index in [1.807, 2.05) is 32.0 Å². The van der Waals surface area contributed by atoms with Crippen LogP contribution in [0.1, 0.15) is 23.1 Å². The Balaban J connectivity index is 1.87. The van der Waals surface area contributed by atoms with Crippen LogP contribution in [0.25, 0.3) is 0 Å². The van der Waals surface area contributed by atoms with Crippen LogP contribution in [0.2, 0.25) is 0 Å². The topological polar surface area (TPSA) is 75.6 Å². The molecular weight excluding hydrogens is 306 g/mol. The standard InChI is InChI=1S/C19H21NO4/c1-13-7-8-16(11-14(13)2)24-10-9-18(21)20-17-6-4-3-5-15(17)12-19(22)23/h3-8,11H,9-10,12H2,1-2H3,(H,20,21)(H,22,23). The second-order valence-electron chi connectivity index (χ2n) is 5.62. The van der Waals surface area contributed by atoms with Crippen LogP contribution in [-0.2, 0) is 16.0 Å². The first-order valence-corrected chi connectivity index (χ1v) is 7.75. The fourth-order valence-electron chi connectivity index (χ4n) is 2.24. The van der Waals surface area contributed by atoms with Gasteiger partial charge in [0.15, 0.2) is 0 Å². The molecule has 0 aliphatic carbocycles. The van der Waals surface area contributed by atoms with Gasteiger partial charge in [-0.25, -0.2) is 0 Å². The Morgan fingerprint density at radius 3 is 2.54 bits per heavy atom. The number of rotatable bonds is 7. The number of carboxylic acids is 1. The van der Waals surface area contributed by atoms with Gasteiger partial charge in [0.2, 0.25) is 5.91 Å². The Morgan fingerprint density at radius 1 is 1.08 bits per heavy atom. The van der Waals surface area contributed by atoms with E-state index in [4.69, 9.17) is 9.84 Å². The van der Waals surface area contributed by atoms with Crippen molar-refractivity contribution in [2.24, 2.45) is 0 Å². The number of hydrogen-bond donors (Lipinski definition) is 2. The maximum absolute atomic E-state index is 12.0. The first-order chi connectivity index (χ1) is 11.5. The second kappa shape index (κ2) is 8.15. The summed E-state index contributed by atoms with van der Waals surface area (Å²) in [5, 5.41) is 11.6. The molecular formula is C19H21NO4. The van der Waals surface area contributed by atoms with Crippen LogP contribution < -0.4 is 10.1 Å². The number of para-hydroxylation sites is 1. The van der Waals surface area contributed by atoms with Gasteiger partial charge in [-0.2, -0.15) is 0 Å². The van der Waals surface area contributed by atoms with Crippen molar-refractivity contribution < 1.29 is 19.4 Å². The summed E-state index contributed by atoms with van der Waals surface area (Å²) in [6, 6.07) is 12.7. The maximum atomic E-state index is 12.0. The van der Waals surface area contributed by atoms with Gasteiger partial charge in [-0.3, -0.25) is 9.59 Å². The van der Waals surface area contributed by atoms with E-state index in [0.29, 0.717) is 11.3 Å². The number of nitrogens with one attached hydrogen (secondary N) is 1. The van der Waals surface area contributed by atoms with Crippen LogP contribution in [0.3, 0.4) is 0 Å². The van der Waals surface area contributed by atoms with Gasteiger partial charge < -0.3 is 15.2 Å². The van der Waals surface area contributed by atoms with E-state index in [0.717, 1.165) is 11.3 Å². The maximum Gasteiger partial charge on any atom is 0.307 e. The number of ether oxygens (including phenoxy) is 1. The molecule has 5 heteroatoms. The monoisotopic (exact) mass is 327 g/mol. The Kier molecular flexibility index (Phi) is 5.95. The van der Waals surface area contributed by atoms with Crippen molar-refractivity contribution in [3.05, 3.63) is 59.2 Å². The molecule has 0 aromatic heterocycles. The minimum Gasteiger partial charge on any atom is -0.493 e. The lowest BCUT2D eigenvalue weighted by Crippen LogP contribution is -2.17. The van der Waals surface area contributed by atoms with Gasteiger partial charge in [0, 0.05) is 5.69 Å². The Hall–Kier alpha value is -2.82. The van der Waals surface area contributed by atoms with Crippen molar-refractivity contribution in [2.45, 2.75) is 26.7 Å². The summed E-state index contributed by atoms with van der Waals surface area (Å²) >= 11 is 0. The molecule has 5 nitrogen and oxygen atoms in total. The highest BCUT2D eigenvalue weighted by Crippen LogP contribution is 2.18. The highest BCUT2D eigenvalue weighted by atomic mass is 16.5. The summed E-state index contributed by atoms with van der Waals surface area (Å²) in [6.45, 7) is 4.30. The minimum absolute atomic E-state index is 0.129. The summed E-state index contributed by atoms with van der Waals surface area (Å²) in [5.41, 5.74) is 3.43. The van der Waals surface area contributed by atoms with E-state index in [2.05, 4.69) is 5.32 Å². The van der Waals surface area contributed by atoms with E-state index in [-0.39, 0.29) is 25.4 Å². The number of aryl methyl sites for hydroxylation is 2. The molecule has 2 N–H and O–H groups in total. The number of anilines is 1. The molecule has 2 aromatic rings. The van der Waals surface area contributed by atoms with Crippen LogP contribution in [0, 0.1) is 13.8 Å². The third kappa shape index (κ3) is 5.12. The van der Waals surface area contributed by atoms with Gasteiger partial charge in [0.05, 0.1) is 19.4 Å². The van der Waals surface area contributed by atoms with Gasteiger partial charge >= 0.3 is 5.97 Å². The second-order valence-corrected chi connectivity index (χ2v) is 5.62. The quantitative estimate of drug-likeness (QED) is 0.818. The van der Waals surface area contributed by atoms with E-state index in [1.165, 1.54) is 5.56 Å². The predicted molar refractivity (Wildman–Crippen MR) is 92.4 cm³/mol. The van der Waals surface area contributed by atoms with Gasteiger partial charge in [-0.15, -0.1) is 0 Å². The number of carbonyl (C=O) groups excluding carboxylic acids is 1. The number of carbonyl (C=O) groups is 2. The first kappa shape index (κ1) is 17.5. The normalized spacial score (nSPS) is 10.2. The molecule has 0 heterocycles. The molecule has 0 aliphatic rings. The van der Waals surface area contributed by atoms with Gasteiger partial charge in [-0.05, 0) is 48.7 Å². The van der Waals surface area contributed by atoms with Crippen LogP contribution >= 0.6 is 0 Å². The molecule has 0 aliphatic heterocycles. The van der Waals surface area contributed by atoms with Crippen molar-refractivity contribution in [3.8, 4) is 5.75 Å². The molecule has 2 aromatic carbocycles. The average molecular weight is 327 g/mol. The Bertz CT molecular complexity index is 740. The lowest BCUT2D eigenvalue weighted by atomic mass is 10.1. The molecule has 0 bridgehead atoms. The molecule has 0 saturated heterocycles. The van der Waals surface area contributed by atoms with Gasteiger partial charge in [0.25, 0.3) is 0 Å². The zero-order valence-electron chi connectivity index (χ0n) is 13.8. The summed E-state index contributed by atoms with van der Waals surface area (Å²) in [7, 11) is 0. The summed E-state index contributed by atoms with van der Waals surface area (Å²) in [5.74, 6) is -0.413. The smallest absolute Gasteiger partial charge is 0.307 e. The molecule has 24 heavy (non-hydrogen) atoms. The largest absolute Gasteiger partial charge is 0.493 e. The molecule has 0 unspecified atom stereocenters. The van der Waals surface area contributed by atoms with E-state index < -0.39 is 5.97 Å². The Labute approximate surface area is 141 Å². The van der Waals surface area contributed by atoms with Crippen LogP contribution in [-0.4, -0.2) is 23.6 Å². The summed E-state index contributed by atoms with van der Waals surface area (Å²) in [4.78, 5) is 22.9. The first-order valence-electron chi connectivity index (χ1n) is 7.75. The number of carboxylic acid groups (broad SMARTS) is 1. The van der Waals surface area contributed by atoms with E-state index in [9.17, 15) is 9.59 Å². The molecule has 126 valence electrons. The summed E-state index contributed by atoms with van der Waals surface area (Å²) < 4.78 is 5.59. The van der Waals surface area contributed by atoms with E-state index >= 15 is 0 Å². The lowest BCUT2D eigenvalue weighted by molar-refractivity contribution is -0.136. The average Bonchev–Trinajstić information content (AvgIpc) is 2.52. The lowest BCUT2D eigenvalue weighted by Gasteiger charge is -2.11. The van der Waals surface area contributed by atoms with Crippen molar-refractivity contribution in [3.63, 3.8) is 0 Å². The summed E-state index contributed by atoms with van der Waals surface area (Å²) in [6.07, 6.45) is 0.0595. The molecule has 0 radical (unpaired) electrons. The molecule has 0 atom stereocenters. The third-order valence-corrected chi connectivity index (χ3v) is 3.71. The molecule has 0 saturated carbocycles. The van der Waals surface area contributed by atoms with Crippen molar-refractivity contribution in [1.82, 2.24) is 0 Å². The third-order valence-electron chi connectivity index (χ3n) is 3.71. The predicted octanol–water partition coefficient (Wildman–Crippen LogP) is 3.34. The fourth-order valence-corrected chi connectivity index (χ4v) is 2.24. The number of hydrogen-bond acceptors (Lipinski definition) is 3. The SMILES string of the molecule is Cc1ccc(OCCC(=O)Nc2ccccc2CC(=O)O)cc1C. The molecule has 0 fully saturated rings. The zero-order chi connectivity index (χ0) is 17.5. The highest BCUT2D eigenvalue weighted by molar-refractivity contribution is 5.92. The molecule has 1 amide bonds. The van der Waals surface area contributed by atoms with Crippen molar-refractivity contribution in [1.29, 1.82) is 0 Å². The minimum atomic E-state index is -0.935.